The van der Waals surface area contributed by atoms with Gasteiger partial charge in [-0.2, -0.15) is 22.5 Å². The summed E-state index contributed by atoms with van der Waals surface area (Å²) in [4.78, 5) is 24.7. The van der Waals surface area contributed by atoms with E-state index in [2.05, 4.69) is 158 Å². The molecule has 4 aromatic rings. The highest BCUT2D eigenvalue weighted by molar-refractivity contribution is 7.90. The van der Waals surface area contributed by atoms with Crippen molar-refractivity contribution < 1.29 is 81.3 Å². The lowest BCUT2D eigenvalue weighted by Crippen LogP contribution is -2.56. The molecule has 0 spiro atoms. The predicted molar refractivity (Wildman–Crippen MR) is 473 cm³/mol. The van der Waals surface area contributed by atoms with Gasteiger partial charge >= 0.3 is 5.97 Å². The van der Waals surface area contributed by atoms with Crippen molar-refractivity contribution in [2.75, 3.05) is 33.5 Å². The number of hydrogen-bond acceptors (Lipinski definition) is 22. The number of nitrogens with two attached hydrogens (primary N) is 2. The standard InChI is InChI=1S/C20H32ClNO5SSi.C19H31ClN2O4SSi.C19H29ClN2O3SSi.C19H30ClNO4SSi.CH4.2H3NO/c1-20(2,3)29(5,6)27-14-16-8-7-9-18(19(23)26-4)22(16)28(24,25)17-12-10-15(21)11-13-17;1-19(2,3)28(4,5)26-14-17-8-6-7-16(13-21-23)22(17)27(24,25)18-11-9-15(20)10-12-18;1-19(2,3)27(4,5)25-14-17-8-6-7-16(13-21)22(17)26(23,24)18-11-9-15(20)10-12-18;1-19(2,3)27(4,5)25-14-17-8-6-7-16(13-22)21(17)26(23,24)18-11-9-15(20)10-12-18;;2*1-2/h10-13,16,18H,7-9,14H2,1-6H3;9-13,16-17,23H,6-8,14H2,1-5H3;9-12,16-17H,6-8,14H2,1-5H3;9-13,16-17H,6-8,14H2,1-5H3;1H4;2*2H,1H2/b;21-13+;;;;;. The van der Waals surface area contributed by atoms with E-state index in [0.29, 0.717) is 91.3 Å². The number of carbonyl (C=O) groups is 2. The van der Waals surface area contributed by atoms with Gasteiger partial charge in [0.25, 0.3) is 0 Å². The molecule has 4 aliphatic heterocycles. The van der Waals surface area contributed by atoms with Crippen molar-refractivity contribution in [1.82, 2.24) is 17.2 Å². The van der Waals surface area contributed by atoms with E-state index in [1.165, 1.54) is 91.2 Å². The highest BCUT2D eigenvalue weighted by atomic mass is 35.5. The van der Waals surface area contributed by atoms with Gasteiger partial charge in [0.15, 0.2) is 33.3 Å². The van der Waals surface area contributed by atoms with E-state index in [-0.39, 0.29) is 71.9 Å². The van der Waals surface area contributed by atoms with Gasteiger partial charge in [-0.1, -0.05) is 137 Å². The molecule has 8 atom stereocenters. The predicted octanol–water partition coefficient (Wildman–Crippen LogP) is 17.8. The van der Waals surface area contributed by atoms with Crippen LogP contribution in [0.25, 0.3) is 0 Å². The van der Waals surface area contributed by atoms with E-state index in [4.69, 9.17) is 84.5 Å². The maximum absolute atomic E-state index is 13.5. The van der Waals surface area contributed by atoms with Crippen molar-refractivity contribution in [3.8, 4) is 6.07 Å². The number of piperidine rings is 4. The van der Waals surface area contributed by atoms with Crippen molar-refractivity contribution in [2.24, 2.45) is 16.9 Å². The molecule has 38 heteroatoms. The molecule has 26 nitrogen and oxygen atoms in total. The minimum absolute atomic E-state index is 0. The summed E-state index contributed by atoms with van der Waals surface area (Å²) in [6.45, 7) is 44.2. The van der Waals surface area contributed by atoms with Gasteiger partial charge in [0.2, 0.25) is 40.1 Å². The first-order valence-electron chi connectivity index (χ1n) is 38.4. The van der Waals surface area contributed by atoms with Gasteiger partial charge in [-0.15, -0.1) is 5.16 Å². The molecule has 0 radical (unpaired) electrons. The molecule has 0 amide bonds. The zero-order valence-electron chi connectivity index (χ0n) is 70.8. The van der Waals surface area contributed by atoms with Crippen LogP contribution in [0.1, 0.15) is 168 Å². The Hall–Kier alpha value is -3.67. The molecule has 116 heavy (non-hydrogen) atoms. The van der Waals surface area contributed by atoms with Crippen LogP contribution < -0.4 is 11.8 Å². The van der Waals surface area contributed by atoms with Crippen LogP contribution in [0.5, 0.6) is 0 Å². The Morgan fingerprint density at radius 2 is 0.690 bits per heavy atom. The fraction of sp³-hybridized carbons (Fsp3) is 0.641. The second-order valence-electron chi connectivity index (χ2n) is 35.0. The number of hydrogen-bond donors (Lipinski definition) is 5. The number of sulfonamides is 4. The number of ether oxygens (including phenoxy) is 1. The molecule has 8 unspecified atom stereocenters. The second kappa shape index (κ2) is 45.6. The Morgan fingerprint density at radius 3 is 0.957 bits per heavy atom. The van der Waals surface area contributed by atoms with Crippen LogP contribution in [0, 0.1) is 11.3 Å². The number of methoxy groups -OCH3 is 1. The van der Waals surface area contributed by atoms with Gasteiger partial charge in [-0.05, 0) is 247 Å². The minimum atomic E-state index is -3.93. The lowest BCUT2D eigenvalue weighted by atomic mass is 9.99. The van der Waals surface area contributed by atoms with Gasteiger partial charge in [0, 0.05) is 44.3 Å². The highest BCUT2D eigenvalue weighted by Crippen LogP contribution is 2.43. The van der Waals surface area contributed by atoms with Gasteiger partial charge in [-0.3, -0.25) is 4.79 Å². The highest BCUT2D eigenvalue weighted by Gasteiger charge is 2.49. The molecular weight excluding hydrogens is 1720 g/mol. The lowest BCUT2D eigenvalue weighted by molar-refractivity contribution is -0.147. The van der Waals surface area contributed by atoms with Crippen LogP contribution in [0.15, 0.2) is 122 Å². The third-order valence-corrected chi connectivity index (χ3v) is 50.1. The molecule has 4 aliphatic rings. The third-order valence-electron chi connectivity index (χ3n) is 23.2. The van der Waals surface area contributed by atoms with Crippen LogP contribution in [0.3, 0.4) is 0 Å². The van der Waals surface area contributed by atoms with Crippen molar-refractivity contribution in [3.63, 3.8) is 0 Å². The molecule has 0 saturated carbocycles. The minimum Gasteiger partial charge on any atom is -0.468 e. The summed E-state index contributed by atoms with van der Waals surface area (Å²) in [5, 5.41) is 36.8. The van der Waals surface area contributed by atoms with E-state index in [0.717, 1.165) is 32.0 Å². The lowest BCUT2D eigenvalue weighted by Gasteiger charge is -2.42. The van der Waals surface area contributed by atoms with Crippen LogP contribution in [0.2, 0.25) is 92.6 Å². The van der Waals surface area contributed by atoms with Gasteiger partial charge < -0.3 is 42.9 Å². The number of rotatable bonds is 23. The topological polar surface area (TPSA) is 379 Å². The van der Waals surface area contributed by atoms with Gasteiger partial charge in [0.05, 0.1) is 77.5 Å². The first kappa shape index (κ1) is 108. The van der Waals surface area contributed by atoms with Crippen molar-refractivity contribution in [1.29, 1.82) is 5.26 Å². The van der Waals surface area contributed by atoms with Crippen molar-refractivity contribution >= 4 is 138 Å². The average molecular weight is 1850 g/mol. The van der Waals surface area contributed by atoms with Crippen LogP contribution >= 0.6 is 46.4 Å². The number of benzene rings is 4. The van der Waals surface area contributed by atoms with Crippen molar-refractivity contribution in [2.45, 2.75) is 308 Å². The molecule has 4 aromatic carbocycles. The van der Waals surface area contributed by atoms with E-state index in [1.54, 1.807) is 36.4 Å². The zero-order valence-corrected chi connectivity index (χ0v) is 81.1. The smallest absolute Gasteiger partial charge is 0.324 e. The molecule has 8 rings (SSSR count). The quantitative estimate of drug-likeness (QED) is 0.0115. The Balaban J connectivity index is 0.000000515. The number of nitriles is 1. The molecule has 4 saturated heterocycles. The molecule has 0 aromatic heterocycles. The van der Waals surface area contributed by atoms with Crippen LogP contribution in [-0.2, 0) is 72.1 Å². The number of nitrogens with zero attached hydrogens (tertiary/aromatic N) is 6. The number of carbonyl (C=O) groups excluding carboxylic acids is 2. The molecule has 660 valence electrons. The molecule has 7 N–H and O–H groups in total. The van der Waals surface area contributed by atoms with E-state index >= 15 is 0 Å². The second-order valence-corrected chi connectivity index (χ2v) is 63.4. The summed E-state index contributed by atoms with van der Waals surface area (Å²) in [6.07, 6.45) is 10.1. The van der Waals surface area contributed by atoms with Crippen LogP contribution in [-0.4, -0.2) is 200 Å². The number of aldehydes is 1. The Kier molecular flexibility index (Phi) is 42.6. The molecule has 4 fully saturated rings. The number of oxime groups is 1. The zero-order chi connectivity index (χ0) is 88.1. The Bertz CT molecular complexity index is 4270. The first-order valence-corrected chi connectivity index (χ1v) is 57.3. The van der Waals surface area contributed by atoms with Crippen molar-refractivity contribution in [3.05, 3.63) is 117 Å². The monoisotopic (exact) mass is 1850 g/mol. The fourth-order valence-corrected chi connectivity index (χ4v) is 24.1. The summed E-state index contributed by atoms with van der Waals surface area (Å²) in [5.41, 5.74) is 0. The summed E-state index contributed by atoms with van der Waals surface area (Å²) in [5.74, 6) is 6.46. The summed E-state index contributed by atoms with van der Waals surface area (Å²) in [6, 6.07) is 22.4. The fourth-order valence-electron chi connectivity index (χ4n) is 12.2. The average Bonchev–Trinajstić information content (AvgIpc) is 0.785. The Labute approximate surface area is 718 Å². The maximum Gasteiger partial charge on any atom is 0.324 e. The molecular formula is C78H132Cl4N8O18S4Si4. The summed E-state index contributed by atoms with van der Waals surface area (Å²) < 4.78 is 143. The van der Waals surface area contributed by atoms with E-state index in [9.17, 15) is 48.5 Å². The van der Waals surface area contributed by atoms with Gasteiger partial charge in [0.1, 0.15) is 18.4 Å². The normalized spacial score (nSPS) is 21.5. The van der Waals surface area contributed by atoms with E-state index < -0.39 is 110 Å². The summed E-state index contributed by atoms with van der Waals surface area (Å²) in [7, 11) is -22.2. The molecule has 0 bridgehead atoms. The molecule has 0 aliphatic carbocycles. The SMILES string of the molecule is C.CC(C)(C)[Si](C)(C)OCC1CCCC(/C=N/O)N1S(=O)(=O)c1ccc(Cl)cc1.CC(C)(C)[Si](C)(C)OCC1CCCC(C#N)N1S(=O)(=O)c1ccc(Cl)cc1.CC(C)(C)[Si](C)(C)OCC1CCCC(C=O)N1S(=O)(=O)c1ccc(Cl)cc1.COC(=O)C1CCCC(CO[Si](C)(C)C(C)(C)C)N1S(=O)(=O)c1ccc(Cl)cc1.NO.NO. The first-order chi connectivity index (χ1) is 53.0. The molecule has 4 heterocycles. The summed E-state index contributed by atoms with van der Waals surface area (Å²) >= 11 is 23.6. The van der Waals surface area contributed by atoms with Crippen LogP contribution in [0.4, 0.5) is 0 Å². The third kappa shape index (κ3) is 29.0. The number of esters is 1. The maximum atomic E-state index is 13.5. The largest absolute Gasteiger partial charge is 0.468 e. The van der Waals surface area contributed by atoms with E-state index in [1.807, 2.05) is 0 Å². The number of halogens is 4. The Morgan fingerprint density at radius 1 is 0.448 bits per heavy atom. The van der Waals surface area contributed by atoms with Gasteiger partial charge in [-0.25, -0.2) is 45.5 Å².